The first-order chi connectivity index (χ1) is 6.91. The van der Waals surface area contributed by atoms with Crippen LogP contribution in [-0.2, 0) is 9.63 Å². The lowest BCUT2D eigenvalue weighted by molar-refractivity contribution is -0.158. The molecule has 0 spiro atoms. The molecule has 15 heavy (non-hydrogen) atoms. The first-order valence-corrected chi connectivity index (χ1v) is 4.46. The third-order valence-electron chi connectivity index (χ3n) is 1.59. The molecular weight excluding hydrogens is 198 g/mol. The highest BCUT2D eigenvalue weighted by Crippen LogP contribution is 2.14. The lowest BCUT2D eigenvalue weighted by Gasteiger charge is -2.15. The van der Waals surface area contributed by atoms with E-state index in [1.165, 1.54) is 12.3 Å². The highest BCUT2D eigenvalue weighted by molar-refractivity contribution is 5.91. The Morgan fingerprint density at radius 2 is 2.07 bits per heavy atom. The summed E-state index contributed by atoms with van der Waals surface area (Å²) in [5.41, 5.74) is 1.35. The van der Waals surface area contributed by atoms with E-state index in [2.05, 4.69) is 4.84 Å². The van der Waals surface area contributed by atoms with Crippen LogP contribution in [0.5, 0.6) is 0 Å². The molecule has 1 rings (SSSR count). The van der Waals surface area contributed by atoms with Crippen molar-refractivity contribution < 1.29 is 18.8 Å². The molecule has 1 heterocycles. The van der Waals surface area contributed by atoms with E-state index in [4.69, 9.17) is 4.42 Å². The quantitative estimate of drug-likeness (QED) is 0.715. The summed E-state index contributed by atoms with van der Waals surface area (Å²) in [5, 5.41) is 0. The number of carbonyl (C=O) groups excluding carboxylic acids is 2. The molecule has 1 aromatic heterocycles. The normalized spacial score (nSPS) is 10.9. The molecule has 0 aromatic carbocycles. The van der Waals surface area contributed by atoms with Crippen LogP contribution >= 0.6 is 0 Å². The molecule has 0 aliphatic carbocycles. The lowest BCUT2D eigenvalue weighted by Crippen LogP contribution is -2.33. The van der Waals surface area contributed by atoms with E-state index in [-0.39, 0.29) is 5.76 Å². The molecule has 0 radical (unpaired) electrons. The fourth-order valence-corrected chi connectivity index (χ4v) is 0.704. The van der Waals surface area contributed by atoms with Crippen LogP contribution in [0.25, 0.3) is 0 Å². The Morgan fingerprint density at radius 1 is 1.40 bits per heavy atom. The maximum absolute atomic E-state index is 11.3. The highest BCUT2D eigenvalue weighted by atomic mass is 16.7. The number of hydrogen-bond donors (Lipinski definition) is 1. The van der Waals surface area contributed by atoms with Crippen molar-refractivity contribution in [3.05, 3.63) is 24.2 Å². The molecule has 0 bridgehead atoms. The van der Waals surface area contributed by atoms with Gasteiger partial charge in [0.05, 0.1) is 11.7 Å². The topological polar surface area (TPSA) is 68.5 Å². The summed E-state index contributed by atoms with van der Waals surface area (Å²) in [7, 11) is 0. The second-order valence-electron chi connectivity index (χ2n) is 4.05. The van der Waals surface area contributed by atoms with Crippen molar-refractivity contribution in [1.82, 2.24) is 5.48 Å². The molecular formula is C10H13NO4. The summed E-state index contributed by atoms with van der Waals surface area (Å²) < 4.78 is 4.81. The van der Waals surface area contributed by atoms with Crippen molar-refractivity contribution >= 4 is 11.9 Å². The Labute approximate surface area is 87.4 Å². The van der Waals surface area contributed by atoms with Crippen molar-refractivity contribution in [3.63, 3.8) is 0 Å². The van der Waals surface area contributed by atoms with Gasteiger partial charge in [0.25, 0.3) is 0 Å². The Hall–Kier alpha value is -1.78. The molecule has 5 heteroatoms. The second kappa shape index (κ2) is 4.16. The van der Waals surface area contributed by atoms with Gasteiger partial charge in [-0.2, -0.15) is 5.48 Å². The first kappa shape index (κ1) is 11.3. The summed E-state index contributed by atoms with van der Waals surface area (Å²) in [6, 6.07) is 3.04. The van der Waals surface area contributed by atoms with Gasteiger partial charge in [-0.3, -0.25) is 4.79 Å². The number of nitrogens with one attached hydrogen (secondary N) is 1. The molecule has 1 aromatic rings. The van der Waals surface area contributed by atoms with E-state index in [1.807, 2.05) is 5.48 Å². The Kier molecular flexibility index (Phi) is 3.14. The molecule has 5 nitrogen and oxygen atoms in total. The largest absolute Gasteiger partial charge is 0.459 e. The van der Waals surface area contributed by atoms with E-state index in [0.717, 1.165) is 0 Å². The molecule has 0 saturated heterocycles. The van der Waals surface area contributed by atoms with E-state index in [1.54, 1.807) is 26.8 Å². The van der Waals surface area contributed by atoms with Crippen LogP contribution in [0.3, 0.4) is 0 Å². The van der Waals surface area contributed by atoms with Gasteiger partial charge >= 0.3 is 11.9 Å². The van der Waals surface area contributed by atoms with Gasteiger partial charge in [0, 0.05) is 0 Å². The van der Waals surface area contributed by atoms with Crippen LogP contribution in [0.15, 0.2) is 22.8 Å². The highest BCUT2D eigenvalue weighted by Gasteiger charge is 2.24. The van der Waals surface area contributed by atoms with E-state index in [0.29, 0.717) is 0 Å². The van der Waals surface area contributed by atoms with Gasteiger partial charge in [-0.05, 0) is 32.9 Å². The zero-order valence-corrected chi connectivity index (χ0v) is 8.87. The average Bonchev–Trinajstić information content (AvgIpc) is 2.64. The Bertz CT molecular complexity index is 348. The van der Waals surface area contributed by atoms with Crippen molar-refractivity contribution in [2.45, 2.75) is 20.8 Å². The van der Waals surface area contributed by atoms with Crippen LogP contribution in [0.4, 0.5) is 0 Å². The van der Waals surface area contributed by atoms with Crippen molar-refractivity contribution in [3.8, 4) is 0 Å². The molecule has 0 aliphatic heterocycles. The molecule has 0 atom stereocenters. The molecule has 0 aliphatic rings. The first-order valence-electron chi connectivity index (χ1n) is 4.46. The SMILES string of the molecule is CC(C)(C)C(=O)ONC(=O)c1ccco1. The summed E-state index contributed by atoms with van der Waals surface area (Å²) >= 11 is 0. The monoisotopic (exact) mass is 211 g/mol. The van der Waals surface area contributed by atoms with Gasteiger partial charge in [-0.25, -0.2) is 4.79 Å². The molecule has 1 N–H and O–H groups in total. The zero-order chi connectivity index (χ0) is 11.5. The van der Waals surface area contributed by atoms with Gasteiger partial charge in [0.15, 0.2) is 5.76 Å². The van der Waals surface area contributed by atoms with E-state index >= 15 is 0 Å². The van der Waals surface area contributed by atoms with Gasteiger partial charge < -0.3 is 9.25 Å². The molecule has 1 amide bonds. The average molecular weight is 211 g/mol. The van der Waals surface area contributed by atoms with Crippen molar-refractivity contribution in [1.29, 1.82) is 0 Å². The van der Waals surface area contributed by atoms with Crippen LogP contribution in [0.2, 0.25) is 0 Å². The van der Waals surface area contributed by atoms with Crippen molar-refractivity contribution in [2.24, 2.45) is 5.41 Å². The minimum Gasteiger partial charge on any atom is -0.459 e. The summed E-state index contributed by atoms with van der Waals surface area (Å²) in [4.78, 5) is 27.1. The predicted molar refractivity (Wildman–Crippen MR) is 51.7 cm³/mol. The third kappa shape index (κ3) is 3.12. The van der Waals surface area contributed by atoms with Crippen molar-refractivity contribution in [2.75, 3.05) is 0 Å². The van der Waals surface area contributed by atoms with Gasteiger partial charge in [0.1, 0.15) is 0 Å². The van der Waals surface area contributed by atoms with E-state index < -0.39 is 17.3 Å². The minimum absolute atomic E-state index is 0.0942. The number of hydroxylamine groups is 1. The standard InChI is InChI=1S/C10H13NO4/c1-10(2,3)9(13)15-11-8(12)7-5-4-6-14-7/h4-6H,1-3H3,(H,11,12). The Balaban J connectivity index is 2.45. The number of furan rings is 1. The molecule has 82 valence electrons. The van der Waals surface area contributed by atoms with Gasteiger partial charge in [-0.15, -0.1) is 0 Å². The third-order valence-corrected chi connectivity index (χ3v) is 1.59. The Morgan fingerprint density at radius 3 is 2.53 bits per heavy atom. The second-order valence-corrected chi connectivity index (χ2v) is 4.05. The van der Waals surface area contributed by atoms with Crippen LogP contribution < -0.4 is 5.48 Å². The smallest absolute Gasteiger partial charge is 0.337 e. The predicted octanol–water partition coefficient (Wildman–Crippen LogP) is 1.51. The minimum atomic E-state index is -0.656. The van der Waals surface area contributed by atoms with Crippen LogP contribution in [0, 0.1) is 5.41 Å². The fraction of sp³-hybridized carbons (Fsp3) is 0.400. The number of carbonyl (C=O) groups is 2. The maximum Gasteiger partial charge on any atom is 0.337 e. The van der Waals surface area contributed by atoms with Crippen LogP contribution in [-0.4, -0.2) is 11.9 Å². The maximum atomic E-state index is 11.3. The molecule has 0 fully saturated rings. The van der Waals surface area contributed by atoms with Gasteiger partial charge in [0.2, 0.25) is 0 Å². The van der Waals surface area contributed by atoms with Gasteiger partial charge in [-0.1, -0.05) is 0 Å². The van der Waals surface area contributed by atoms with E-state index in [9.17, 15) is 9.59 Å². The fourth-order valence-electron chi connectivity index (χ4n) is 0.704. The number of hydrogen-bond acceptors (Lipinski definition) is 4. The lowest BCUT2D eigenvalue weighted by atomic mass is 9.98. The zero-order valence-electron chi connectivity index (χ0n) is 8.87. The van der Waals surface area contributed by atoms with Crippen LogP contribution in [0.1, 0.15) is 31.3 Å². The number of amides is 1. The molecule has 0 unspecified atom stereocenters. The summed E-state index contributed by atoms with van der Waals surface area (Å²) in [6.07, 6.45) is 1.36. The number of rotatable bonds is 1. The molecule has 0 saturated carbocycles. The summed E-state index contributed by atoms with van der Waals surface area (Å²) in [6.45, 7) is 5.07. The summed E-state index contributed by atoms with van der Waals surface area (Å²) in [5.74, 6) is -1.00.